The Kier molecular flexibility index (Phi) is 5.64. The molecule has 0 radical (unpaired) electrons. The zero-order chi connectivity index (χ0) is 21.6. The third-order valence-corrected chi connectivity index (χ3v) is 6.90. The van der Waals surface area contributed by atoms with Crippen molar-refractivity contribution in [3.63, 3.8) is 0 Å². The number of nitrogens with zero attached hydrogens (tertiary/aromatic N) is 1. The molecule has 1 fully saturated rings. The minimum atomic E-state index is -0.908. The van der Waals surface area contributed by atoms with Gasteiger partial charge in [0, 0.05) is 21.1 Å². The third-order valence-electron chi connectivity index (χ3n) is 6.06. The van der Waals surface area contributed by atoms with Gasteiger partial charge in [-0.25, -0.2) is 0 Å². The van der Waals surface area contributed by atoms with Crippen LogP contribution in [0.4, 0.5) is 0 Å². The SMILES string of the molecule is Cc1c(C(C(=O)O)C2CCCC2)c2cc(O)c(Cl)cc2n1C(=O)c1ccc(Br)cc1. The number of carboxylic acids is 1. The van der Waals surface area contributed by atoms with E-state index in [2.05, 4.69) is 15.9 Å². The number of aliphatic carboxylic acids is 1. The second-order valence-corrected chi connectivity index (χ2v) is 9.15. The zero-order valence-corrected chi connectivity index (χ0v) is 18.7. The minimum Gasteiger partial charge on any atom is -0.506 e. The quantitative estimate of drug-likeness (QED) is 0.462. The summed E-state index contributed by atoms with van der Waals surface area (Å²) in [5.41, 5.74) is 2.13. The van der Waals surface area contributed by atoms with E-state index in [1.807, 2.05) is 0 Å². The van der Waals surface area contributed by atoms with Gasteiger partial charge in [-0.05, 0) is 67.6 Å². The number of carbonyl (C=O) groups is 2. The van der Waals surface area contributed by atoms with Gasteiger partial charge in [0.05, 0.1) is 16.5 Å². The number of hydrogen-bond acceptors (Lipinski definition) is 3. The third kappa shape index (κ3) is 3.52. The maximum atomic E-state index is 13.4. The van der Waals surface area contributed by atoms with E-state index in [1.165, 1.54) is 16.7 Å². The zero-order valence-electron chi connectivity index (χ0n) is 16.4. The molecular formula is C23H21BrClNO4. The highest BCUT2D eigenvalue weighted by Gasteiger charge is 2.36. The van der Waals surface area contributed by atoms with Crippen LogP contribution < -0.4 is 0 Å². The average Bonchev–Trinajstić information content (AvgIpc) is 3.31. The summed E-state index contributed by atoms with van der Waals surface area (Å²) in [6, 6.07) is 10.0. The molecule has 1 aliphatic carbocycles. The fourth-order valence-electron chi connectivity index (χ4n) is 4.68. The molecule has 4 rings (SSSR count). The van der Waals surface area contributed by atoms with E-state index >= 15 is 0 Å². The lowest BCUT2D eigenvalue weighted by molar-refractivity contribution is -0.140. The van der Waals surface area contributed by atoms with Crippen LogP contribution >= 0.6 is 27.5 Å². The van der Waals surface area contributed by atoms with Crippen molar-refractivity contribution >= 4 is 50.3 Å². The first kappa shape index (κ1) is 20.9. The molecule has 0 aliphatic heterocycles. The number of rotatable bonds is 4. The minimum absolute atomic E-state index is 0.000790. The van der Waals surface area contributed by atoms with Gasteiger partial charge in [0.25, 0.3) is 5.91 Å². The van der Waals surface area contributed by atoms with E-state index in [1.54, 1.807) is 31.2 Å². The second kappa shape index (κ2) is 8.08. The summed E-state index contributed by atoms with van der Waals surface area (Å²) >= 11 is 9.54. The molecule has 1 unspecified atom stereocenters. The van der Waals surface area contributed by atoms with Gasteiger partial charge >= 0.3 is 5.97 Å². The Morgan fingerprint density at radius 2 is 1.80 bits per heavy atom. The Hall–Kier alpha value is -2.31. The van der Waals surface area contributed by atoms with Gasteiger partial charge in [0.2, 0.25) is 0 Å². The lowest BCUT2D eigenvalue weighted by Gasteiger charge is -2.20. The summed E-state index contributed by atoms with van der Waals surface area (Å²) in [4.78, 5) is 25.7. The molecule has 2 N–H and O–H groups in total. The molecule has 0 saturated heterocycles. The number of phenolic OH excluding ortho intramolecular Hbond substituents is 1. The van der Waals surface area contributed by atoms with Crippen molar-refractivity contribution in [1.82, 2.24) is 4.57 Å². The standard InChI is InChI=1S/C23H21BrClNO4/c1-12-20(21(23(29)30)13-4-2-3-5-13)16-10-19(27)17(25)11-18(16)26(12)22(28)14-6-8-15(24)9-7-14/h6-11,13,21,27H,2-5H2,1H3,(H,29,30). The highest BCUT2D eigenvalue weighted by atomic mass is 79.9. The fraction of sp³-hybridized carbons (Fsp3) is 0.304. The maximum Gasteiger partial charge on any atom is 0.311 e. The number of fused-ring (bicyclic) bond motifs is 1. The Morgan fingerprint density at radius 1 is 1.17 bits per heavy atom. The van der Waals surface area contributed by atoms with E-state index in [9.17, 15) is 19.8 Å². The summed E-state index contributed by atoms with van der Waals surface area (Å²) in [6.45, 7) is 1.77. The first-order valence-electron chi connectivity index (χ1n) is 9.86. The van der Waals surface area contributed by atoms with Gasteiger partial charge in [-0.2, -0.15) is 0 Å². The van der Waals surface area contributed by atoms with Crippen LogP contribution in [0.3, 0.4) is 0 Å². The van der Waals surface area contributed by atoms with Gasteiger partial charge < -0.3 is 10.2 Å². The Bertz CT molecular complexity index is 1150. The van der Waals surface area contributed by atoms with E-state index < -0.39 is 11.9 Å². The summed E-state index contributed by atoms with van der Waals surface area (Å²) in [5.74, 6) is -2.05. The van der Waals surface area contributed by atoms with Gasteiger partial charge in [-0.1, -0.05) is 40.4 Å². The highest BCUT2D eigenvalue weighted by molar-refractivity contribution is 9.10. The van der Waals surface area contributed by atoms with Crippen molar-refractivity contribution in [3.05, 3.63) is 62.7 Å². The van der Waals surface area contributed by atoms with Crippen molar-refractivity contribution in [2.75, 3.05) is 0 Å². The Labute approximate surface area is 187 Å². The normalized spacial score (nSPS) is 15.6. The topological polar surface area (TPSA) is 79.5 Å². The number of halogens is 2. The van der Waals surface area contributed by atoms with Crippen molar-refractivity contribution in [2.45, 2.75) is 38.5 Å². The van der Waals surface area contributed by atoms with E-state index in [-0.39, 0.29) is 22.6 Å². The highest BCUT2D eigenvalue weighted by Crippen LogP contribution is 2.44. The fourth-order valence-corrected chi connectivity index (χ4v) is 5.10. The predicted octanol–water partition coefficient (Wildman–Crippen LogP) is 6.12. The summed E-state index contributed by atoms with van der Waals surface area (Å²) in [6.07, 6.45) is 3.68. The number of hydrogen-bond donors (Lipinski definition) is 2. The Balaban J connectivity index is 1.98. The molecule has 1 aliphatic rings. The maximum absolute atomic E-state index is 13.4. The van der Waals surface area contributed by atoms with Crippen LogP contribution in [0.1, 0.15) is 53.2 Å². The molecule has 7 heteroatoms. The monoisotopic (exact) mass is 489 g/mol. The molecule has 30 heavy (non-hydrogen) atoms. The molecule has 0 bridgehead atoms. The van der Waals surface area contributed by atoms with Gasteiger partial charge in [-0.15, -0.1) is 0 Å². The second-order valence-electron chi connectivity index (χ2n) is 7.83. The average molecular weight is 491 g/mol. The lowest BCUT2D eigenvalue weighted by Crippen LogP contribution is -2.21. The summed E-state index contributed by atoms with van der Waals surface area (Å²) < 4.78 is 2.37. The molecular weight excluding hydrogens is 470 g/mol. The first-order chi connectivity index (χ1) is 14.3. The number of benzene rings is 2. The molecule has 1 heterocycles. The molecule has 1 aromatic heterocycles. The Morgan fingerprint density at radius 3 is 2.40 bits per heavy atom. The molecule has 156 valence electrons. The predicted molar refractivity (Wildman–Crippen MR) is 120 cm³/mol. The van der Waals surface area contributed by atoms with Crippen LogP contribution in [0.25, 0.3) is 10.9 Å². The molecule has 3 aromatic rings. The van der Waals surface area contributed by atoms with E-state index in [0.29, 0.717) is 27.7 Å². The number of aromatic nitrogens is 1. The van der Waals surface area contributed by atoms with Gasteiger partial charge in [0.15, 0.2) is 0 Å². The van der Waals surface area contributed by atoms with Gasteiger partial charge in [0.1, 0.15) is 5.75 Å². The van der Waals surface area contributed by atoms with Crippen molar-refractivity contribution in [1.29, 1.82) is 0 Å². The number of phenols is 1. The number of carbonyl (C=O) groups excluding carboxylic acids is 1. The first-order valence-corrected chi connectivity index (χ1v) is 11.0. The van der Waals surface area contributed by atoms with Crippen LogP contribution in [0, 0.1) is 12.8 Å². The summed E-state index contributed by atoms with van der Waals surface area (Å²) in [5, 5.41) is 21.0. The van der Waals surface area contributed by atoms with Crippen LogP contribution in [-0.4, -0.2) is 26.7 Å². The molecule has 0 amide bonds. The van der Waals surface area contributed by atoms with Crippen LogP contribution in [0.2, 0.25) is 5.02 Å². The van der Waals surface area contributed by atoms with Crippen LogP contribution in [-0.2, 0) is 4.79 Å². The van der Waals surface area contributed by atoms with Crippen molar-refractivity contribution < 1.29 is 19.8 Å². The van der Waals surface area contributed by atoms with E-state index in [4.69, 9.17) is 11.6 Å². The van der Waals surface area contributed by atoms with E-state index in [0.717, 1.165) is 30.2 Å². The molecule has 1 saturated carbocycles. The van der Waals surface area contributed by atoms with Crippen LogP contribution in [0.5, 0.6) is 5.75 Å². The van der Waals surface area contributed by atoms with Crippen LogP contribution in [0.15, 0.2) is 40.9 Å². The molecule has 0 spiro atoms. The number of aromatic hydroxyl groups is 1. The van der Waals surface area contributed by atoms with Crippen molar-refractivity contribution in [2.24, 2.45) is 5.92 Å². The molecule has 5 nitrogen and oxygen atoms in total. The molecule has 2 aromatic carbocycles. The number of carboxylic acid groups (broad SMARTS) is 1. The lowest BCUT2D eigenvalue weighted by atomic mass is 9.83. The largest absolute Gasteiger partial charge is 0.506 e. The summed E-state index contributed by atoms with van der Waals surface area (Å²) in [7, 11) is 0. The van der Waals surface area contributed by atoms with Gasteiger partial charge in [-0.3, -0.25) is 14.2 Å². The smallest absolute Gasteiger partial charge is 0.311 e. The van der Waals surface area contributed by atoms with Crippen molar-refractivity contribution in [3.8, 4) is 5.75 Å². The molecule has 1 atom stereocenters.